The molecule has 1 aliphatic heterocycles. The summed E-state index contributed by atoms with van der Waals surface area (Å²) in [7, 11) is 0. The Bertz CT molecular complexity index is 48.0. The van der Waals surface area contributed by atoms with E-state index in [4.69, 9.17) is 0 Å². The van der Waals surface area contributed by atoms with Gasteiger partial charge in [-0.05, 0) is 0 Å². The summed E-state index contributed by atoms with van der Waals surface area (Å²) in [5.74, 6) is 2.50. The summed E-state index contributed by atoms with van der Waals surface area (Å²) in [6.45, 7) is 0. The molecule has 0 amide bonds. The molecule has 0 nitrogen and oxygen atoms in total. The summed E-state index contributed by atoms with van der Waals surface area (Å²) in [5, 5.41) is 6.49. The van der Waals surface area contributed by atoms with E-state index >= 15 is 0 Å². The fourth-order valence-corrected chi connectivity index (χ4v) is 11.9. The molecule has 0 atom stereocenters. The number of hydrogen-bond donors (Lipinski definition) is 0. The van der Waals surface area contributed by atoms with E-state index in [1.807, 2.05) is 0 Å². The molecule has 0 bridgehead atoms. The van der Waals surface area contributed by atoms with Gasteiger partial charge in [-0.1, -0.05) is 0 Å². The van der Waals surface area contributed by atoms with Crippen molar-refractivity contribution >= 4 is 28.9 Å². The van der Waals surface area contributed by atoms with E-state index in [9.17, 15) is 0 Å². The van der Waals surface area contributed by atoms with Gasteiger partial charge in [0.15, 0.2) is 0 Å². The van der Waals surface area contributed by atoms with Crippen LogP contribution in [0, 0.1) is 0 Å². The third-order valence-electron chi connectivity index (χ3n) is 1.15. The first-order chi connectivity index (χ1) is 3.39. The molecule has 7 heavy (non-hydrogen) atoms. The van der Waals surface area contributed by atoms with E-state index in [0.29, 0.717) is 0 Å². The predicted molar refractivity (Wildman–Crippen MR) is 36.6 cm³/mol. The zero-order valence-corrected chi connectivity index (χ0v) is 8.07. The topological polar surface area (TPSA) is 0 Å². The Balaban J connectivity index is 2.12. The first-order valence-corrected chi connectivity index (χ1v) is 9.12. The first kappa shape index (κ1) is 6.16. The third-order valence-corrected chi connectivity index (χ3v) is 9.62. The van der Waals surface area contributed by atoms with Crippen LogP contribution in [0.5, 0.6) is 0 Å². The fraction of sp³-hybridized carbons (Fsp3) is 1.00. The Hall–Kier alpha value is 1.04. The van der Waals surface area contributed by atoms with E-state index < -0.39 is 0 Å². The number of hydrogen-bond acceptors (Lipinski definition) is 0. The van der Waals surface area contributed by atoms with Gasteiger partial charge in [0.2, 0.25) is 0 Å². The van der Waals surface area contributed by atoms with Gasteiger partial charge in [0.25, 0.3) is 0 Å². The van der Waals surface area contributed by atoms with E-state index in [2.05, 4.69) is 5.82 Å². The van der Waals surface area contributed by atoms with Gasteiger partial charge in [0.1, 0.15) is 0 Å². The molecule has 0 N–H and O–H groups in total. The second-order valence-electron chi connectivity index (χ2n) is 1.80. The Morgan fingerprint density at radius 3 is 2.14 bits per heavy atom. The van der Waals surface area contributed by atoms with Crippen LogP contribution < -0.4 is 0 Å². The van der Waals surface area contributed by atoms with Gasteiger partial charge in [-0.3, -0.25) is 0 Å². The summed E-state index contributed by atoms with van der Waals surface area (Å²) in [6.07, 6.45) is 0. The second-order valence-corrected chi connectivity index (χ2v) is 9.36. The van der Waals surface area contributed by atoms with Crippen LogP contribution in [0.3, 0.4) is 0 Å². The van der Waals surface area contributed by atoms with Gasteiger partial charge >= 0.3 is 56.0 Å². The van der Waals surface area contributed by atoms with Crippen LogP contribution in [0.25, 0.3) is 0 Å². The zero-order chi connectivity index (χ0) is 5.11. The maximum absolute atomic E-state index is 2.50. The Morgan fingerprint density at radius 2 is 1.86 bits per heavy atom. The summed E-state index contributed by atoms with van der Waals surface area (Å²) >= 11 is 1.10. The minimum absolute atomic E-state index is 0.0341. The van der Waals surface area contributed by atoms with Gasteiger partial charge < -0.3 is 0 Å². The molecule has 2 heteroatoms. The zero-order valence-electron chi connectivity index (χ0n) is 4.64. The molecule has 1 saturated heterocycles. The Kier molecular flexibility index (Phi) is 2.77. The maximum atomic E-state index is 2.50. The normalized spacial score (nSPS) is 25.3. The van der Waals surface area contributed by atoms with Gasteiger partial charge in [0, 0.05) is 0 Å². The van der Waals surface area contributed by atoms with Crippen molar-refractivity contribution in [1.82, 2.24) is 0 Å². The predicted octanol–water partition coefficient (Wildman–Crippen LogP) is 1.67. The Labute approximate surface area is 56.1 Å². The van der Waals surface area contributed by atoms with Crippen molar-refractivity contribution < 1.29 is 0 Å². The van der Waals surface area contributed by atoms with Crippen molar-refractivity contribution in [3.8, 4) is 0 Å². The summed E-state index contributed by atoms with van der Waals surface area (Å²) in [6, 6.07) is 0. The summed E-state index contributed by atoms with van der Waals surface area (Å²) in [5.41, 5.74) is 0. The SMILES string of the molecule is C[Se+]1CC[Se]CC1. The van der Waals surface area contributed by atoms with E-state index in [-0.39, 0.29) is 13.9 Å². The molecule has 0 aromatic heterocycles. The monoisotopic (exact) mass is 231 g/mol. The number of rotatable bonds is 0. The van der Waals surface area contributed by atoms with Gasteiger partial charge in [0.05, 0.1) is 0 Å². The molecule has 1 rings (SSSR count). The molecular weight excluding hydrogens is 218 g/mol. The van der Waals surface area contributed by atoms with Crippen molar-refractivity contribution in [2.45, 2.75) is 27.1 Å². The molecule has 1 aliphatic rings. The van der Waals surface area contributed by atoms with Crippen LogP contribution in [0.2, 0.25) is 27.1 Å². The molecular formula is C5H11Se2+. The van der Waals surface area contributed by atoms with Crippen LogP contribution in [-0.2, 0) is 0 Å². The Morgan fingerprint density at radius 1 is 1.29 bits per heavy atom. The molecule has 0 aliphatic carbocycles. The standard InChI is InChI=1S/C5H11Se2/c1-7-4-2-6-3-5-7/h2-5H2,1H3/q+1. The van der Waals surface area contributed by atoms with Crippen molar-refractivity contribution in [3.05, 3.63) is 0 Å². The van der Waals surface area contributed by atoms with Crippen molar-refractivity contribution in [2.24, 2.45) is 0 Å². The second kappa shape index (κ2) is 3.14. The molecule has 0 spiro atoms. The van der Waals surface area contributed by atoms with Crippen molar-refractivity contribution in [2.75, 3.05) is 0 Å². The van der Waals surface area contributed by atoms with Gasteiger partial charge in [-0.2, -0.15) is 0 Å². The van der Waals surface area contributed by atoms with Crippen LogP contribution in [0.15, 0.2) is 0 Å². The van der Waals surface area contributed by atoms with Gasteiger partial charge in [-0.15, -0.1) is 0 Å². The molecule has 0 aromatic rings. The molecule has 0 radical (unpaired) electrons. The van der Waals surface area contributed by atoms with E-state index in [1.165, 1.54) is 0 Å². The van der Waals surface area contributed by atoms with Crippen LogP contribution in [-0.4, -0.2) is 28.9 Å². The average Bonchev–Trinajstić information content (AvgIpc) is 1.69. The molecule has 1 fully saturated rings. The molecule has 0 unspecified atom stereocenters. The van der Waals surface area contributed by atoms with E-state index in [0.717, 1.165) is 15.0 Å². The van der Waals surface area contributed by atoms with E-state index in [1.54, 1.807) is 21.3 Å². The van der Waals surface area contributed by atoms with Crippen LogP contribution in [0.4, 0.5) is 0 Å². The molecule has 0 aromatic carbocycles. The quantitative estimate of drug-likeness (QED) is 0.554. The van der Waals surface area contributed by atoms with Crippen molar-refractivity contribution in [3.63, 3.8) is 0 Å². The minimum atomic E-state index is 0.0341. The van der Waals surface area contributed by atoms with Crippen molar-refractivity contribution in [1.29, 1.82) is 0 Å². The average molecular weight is 229 g/mol. The summed E-state index contributed by atoms with van der Waals surface area (Å²) < 4.78 is 0. The first-order valence-electron chi connectivity index (χ1n) is 2.56. The van der Waals surface area contributed by atoms with Crippen LogP contribution in [0.1, 0.15) is 0 Å². The van der Waals surface area contributed by atoms with Crippen LogP contribution >= 0.6 is 0 Å². The fourth-order valence-electron chi connectivity index (χ4n) is 0.606. The molecule has 1 heterocycles. The van der Waals surface area contributed by atoms with Gasteiger partial charge in [-0.25, -0.2) is 0 Å². The molecule has 42 valence electrons. The molecule has 0 saturated carbocycles. The third kappa shape index (κ3) is 2.19. The summed E-state index contributed by atoms with van der Waals surface area (Å²) in [4.78, 5) is 0.